The van der Waals surface area contributed by atoms with Crippen molar-refractivity contribution in [1.82, 2.24) is 10.2 Å². The van der Waals surface area contributed by atoms with Crippen molar-refractivity contribution in [3.8, 4) is 0 Å². The van der Waals surface area contributed by atoms with Crippen LogP contribution in [0, 0.1) is 5.92 Å². The van der Waals surface area contributed by atoms with E-state index in [2.05, 4.69) is 5.32 Å². The first-order valence-electron chi connectivity index (χ1n) is 6.63. The van der Waals surface area contributed by atoms with E-state index in [0.717, 1.165) is 25.8 Å². The number of piperidine rings is 1. The molecule has 0 aromatic carbocycles. The predicted molar refractivity (Wildman–Crippen MR) is 69.5 cm³/mol. The first kappa shape index (κ1) is 14.8. The molecule has 0 aromatic heterocycles. The van der Waals surface area contributed by atoms with Gasteiger partial charge in [-0.15, -0.1) is 0 Å². The van der Waals surface area contributed by atoms with Gasteiger partial charge in [0.05, 0.1) is 0 Å². The zero-order valence-corrected chi connectivity index (χ0v) is 11.5. The highest BCUT2D eigenvalue weighted by molar-refractivity contribution is 5.75. The Morgan fingerprint density at radius 2 is 2.11 bits per heavy atom. The zero-order valence-electron chi connectivity index (χ0n) is 11.5. The summed E-state index contributed by atoms with van der Waals surface area (Å²) in [6, 6.07) is -0.0723. The van der Waals surface area contributed by atoms with Crippen molar-refractivity contribution in [2.24, 2.45) is 5.92 Å². The fourth-order valence-corrected chi connectivity index (χ4v) is 2.12. The van der Waals surface area contributed by atoms with Crippen molar-refractivity contribution in [2.45, 2.75) is 52.0 Å². The highest BCUT2D eigenvalue weighted by atomic mass is 16.4. The first-order valence-corrected chi connectivity index (χ1v) is 6.63. The predicted octanol–water partition coefficient (Wildman–Crippen LogP) is 2.07. The Balaban J connectivity index is 2.50. The van der Waals surface area contributed by atoms with Crippen LogP contribution in [0.3, 0.4) is 0 Å². The van der Waals surface area contributed by atoms with E-state index in [-0.39, 0.29) is 23.9 Å². The van der Waals surface area contributed by atoms with Crippen molar-refractivity contribution in [2.75, 3.05) is 13.1 Å². The third kappa shape index (κ3) is 4.55. The quantitative estimate of drug-likeness (QED) is 0.809. The van der Waals surface area contributed by atoms with E-state index < -0.39 is 5.97 Å². The summed E-state index contributed by atoms with van der Waals surface area (Å²) >= 11 is 0. The molecule has 2 N–H and O–H groups in total. The summed E-state index contributed by atoms with van der Waals surface area (Å²) in [5.74, 6) is -0.692. The van der Waals surface area contributed by atoms with Gasteiger partial charge in [0, 0.05) is 25.0 Å². The Labute approximate surface area is 109 Å². The van der Waals surface area contributed by atoms with Crippen LogP contribution in [0.4, 0.5) is 4.79 Å². The van der Waals surface area contributed by atoms with Gasteiger partial charge in [-0.25, -0.2) is 4.79 Å². The Kier molecular flexibility index (Phi) is 4.99. The molecule has 5 heteroatoms. The van der Waals surface area contributed by atoms with Crippen LogP contribution in [0.1, 0.15) is 46.5 Å². The summed E-state index contributed by atoms with van der Waals surface area (Å²) in [6.07, 6.45) is 2.80. The first-order chi connectivity index (χ1) is 8.34. The fraction of sp³-hybridized carbons (Fsp3) is 0.846. The normalized spacial score (nSPS) is 20.6. The lowest BCUT2D eigenvalue weighted by Crippen LogP contribution is -2.52. The molecule has 1 fully saturated rings. The number of rotatable bonds is 4. The number of carboxylic acid groups (broad SMARTS) is 1. The van der Waals surface area contributed by atoms with E-state index in [1.807, 2.05) is 20.8 Å². The van der Waals surface area contributed by atoms with Gasteiger partial charge < -0.3 is 15.3 Å². The monoisotopic (exact) mass is 256 g/mol. The van der Waals surface area contributed by atoms with Gasteiger partial charge in [-0.05, 0) is 39.0 Å². The van der Waals surface area contributed by atoms with Crippen LogP contribution < -0.4 is 5.32 Å². The second-order valence-corrected chi connectivity index (χ2v) is 5.72. The summed E-state index contributed by atoms with van der Waals surface area (Å²) in [5, 5.41) is 11.8. The molecule has 5 nitrogen and oxygen atoms in total. The molecule has 1 heterocycles. The number of carbonyl (C=O) groups is 2. The second-order valence-electron chi connectivity index (χ2n) is 5.72. The molecule has 1 saturated heterocycles. The molecule has 0 saturated carbocycles. The lowest BCUT2D eigenvalue weighted by atomic mass is 9.95. The molecule has 1 atom stereocenters. The third-order valence-electron chi connectivity index (χ3n) is 3.60. The minimum Gasteiger partial charge on any atom is -0.481 e. The van der Waals surface area contributed by atoms with Crippen LogP contribution in [0.5, 0.6) is 0 Å². The summed E-state index contributed by atoms with van der Waals surface area (Å²) in [4.78, 5) is 24.5. The molecule has 0 radical (unpaired) electrons. The van der Waals surface area contributed by atoms with Crippen molar-refractivity contribution in [3.63, 3.8) is 0 Å². The summed E-state index contributed by atoms with van der Waals surface area (Å²) in [6.45, 7) is 7.29. The van der Waals surface area contributed by atoms with Gasteiger partial charge in [-0.2, -0.15) is 0 Å². The van der Waals surface area contributed by atoms with Gasteiger partial charge in [0.2, 0.25) is 0 Å². The Morgan fingerprint density at radius 3 is 2.67 bits per heavy atom. The number of hydrogen-bond acceptors (Lipinski definition) is 2. The van der Waals surface area contributed by atoms with Crippen LogP contribution in [0.25, 0.3) is 0 Å². The van der Waals surface area contributed by atoms with Crippen molar-refractivity contribution in [3.05, 3.63) is 0 Å². The van der Waals surface area contributed by atoms with E-state index in [1.165, 1.54) is 0 Å². The van der Waals surface area contributed by atoms with Gasteiger partial charge in [0.15, 0.2) is 0 Å². The Morgan fingerprint density at radius 1 is 1.44 bits per heavy atom. The van der Waals surface area contributed by atoms with E-state index in [9.17, 15) is 9.59 Å². The maximum Gasteiger partial charge on any atom is 0.317 e. The maximum atomic E-state index is 12.1. The topological polar surface area (TPSA) is 69.6 Å². The number of likely N-dealkylation sites (tertiary alicyclic amines) is 1. The Bertz CT molecular complexity index is 315. The number of carboxylic acids is 1. The lowest BCUT2D eigenvalue weighted by molar-refractivity contribution is -0.138. The van der Waals surface area contributed by atoms with E-state index >= 15 is 0 Å². The second kappa shape index (κ2) is 6.07. The highest BCUT2D eigenvalue weighted by Crippen LogP contribution is 2.20. The summed E-state index contributed by atoms with van der Waals surface area (Å²) in [7, 11) is 0. The van der Waals surface area contributed by atoms with Gasteiger partial charge >= 0.3 is 12.0 Å². The average molecular weight is 256 g/mol. The van der Waals surface area contributed by atoms with E-state index in [1.54, 1.807) is 4.90 Å². The zero-order chi connectivity index (χ0) is 13.8. The van der Waals surface area contributed by atoms with Crippen LogP contribution in [0.15, 0.2) is 0 Å². The van der Waals surface area contributed by atoms with Crippen LogP contribution in [-0.4, -0.2) is 40.6 Å². The minimum atomic E-state index is -0.781. The smallest absolute Gasteiger partial charge is 0.317 e. The number of hydrogen-bond donors (Lipinski definition) is 2. The van der Waals surface area contributed by atoms with Crippen LogP contribution in [-0.2, 0) is 4.79 Å². The summed E-state index contributed by atoms with van der Waals surface area (Å²) < 4.78 is 0. The van der Waals surface area contributed by atoms with Gasteiger partial charge in [0.25, 0.3) is 0 Å². The number of urea groups is 1. The molecule has 0 aliphatic carbocycles. The molecule has 1 aliphatic heterocycles. The van der Waals surface area contributed by atoms with Crippen LogP contribution >= 0.6 is 0 Å². The van der Waals surface area contributed by atoms with Crippen molar-refractivity contribution >= 4 is 12.0 Å². The molecule has 0 spiro atoms. The SMILES string of the molecule is CCC(C)(C)NC(=O)N1CCCC(CC(=O)O)C1. The third-order valence-corrected chi connectivity index (χ3v) is 3.60. The molecule has 1 unspecified atom stereocenters. The highest BCUT2D eigenvalue weighted by Gasteiger charge is 2.27. The minimum absolute atomic E-state index is 0.0723. The fourth-order valence-electron chi connectivity index (χ4n) is 2.12. The number of carbonyl (C=O) groups excluding carboxylic acids is 1. The molecule has 2 amide bonds. The average Bonchev–Trinajstić information content (AvgIpc) is 2.28. The van der Waals surface area contributed by atoms with E-state index in [4.69, 9.17) is 5.11 Å². The largest absolute Gasteiger partial charge is 0.481 e. The molecular weight excluding hydrogens is 232 g/mol. The number of nitrogens with zero attached hydrogens (tertiary/aromatic N) is 1. The molecule has 0 bridgehead atoms. The van der Waals surface area contributed by atoms with Gasteiger partial charge in [-0.1, -0.05) is 6.92 Å². The van der Waals surface area contributed by atoms with Gasteiger partial charge in [-0.3, -0.25) is 4.79 Å². The molecule has 104 valence electrons. The molecule has 0 aromatic rings. The van der Waals surface area contributed by atoms with E-state index in [0.29, 0.717) is 6.54 Å². The van der Waals surface area contributed by atoms with Gasteiger partial charge in [0.1, 0.15) is 0 Å². The molecule has 1 rings (SSSR count). The standard InChI is InChI=1S/C13H24N2O3/c1-4-13(2,3)14-12(18)15-7-5-6-10(9-15)8-11(16)17/h10H,4-9H2,1-3H3,(H,14,18)(H,16,17). The van der Waals surface area contributed by atoms with Crippen molar-refractivity contribution < 1.29 is 14.7 Å². The molecule has 1 aliphatic rings. The molecular formula is C13H24N2O3. The number of amides is 2. The Hall–Kier alpha value is -1.26. The maximum absolute atomic E-state index is 12.1. The lowest BCUT2D eigenvalue weighted by Gasteiger charge is -2.35. The van der Waals surface area contributed by atoms with Crippen molar-refractivity contribution in [1.29, 1.82) is 0 Å². The number of aliphatic carboxylic acids is 1. The molecule has 18 heavy (non-hydrogen) atoms. The summed E-state index contributed by atoms with van der Waals surface area (Å²) in [5.41, 5.74) is -0.211. The van der Waals surface area contributed by atoms with Crippen LogP contribution in [0.2, 0.25) is 0 Å². The number of nitrogens with one attached hydrogen (secondary N) is 1.